The molecule has 2 atom stereocenters. The third-order valence-corrected chi connectivity index (χ3v) is 5.44. The minimum Gasteiger partial charge on any atom is -0.490 e. The lowest BCUT2D eigenvalue weighted by molar-refractivity contribution is -0.0958. The first-order valence-corrected chi connectivity index (χ1v) is 8.54. The van der Waals surface area contributed by atoms with Crippen LogP contribution in [0, 0.1) is 0 Å². The Balaban J connectivity index is 1.68. The van der Waals surface area contributed by atoms with Crippen molar-refractivity contribution in [2.75, 3.05) is 18.1 Å². The van der Waals surface area contributed by atoms with Crippen LogP contribution in [0.1, 0.15) is 31.7 Å². The molecular formula is C16H21NO3S. The largest absolute Gasteiger partial charge is 0.490 e. The first-order chi connectivity index (χ1) is 10.2. The molecule has 2 aliphatic rings. The lowest BCUT2D eigenvalue weighted by Gasteiger charge is -2.37. The van der Waals surface area contributed by atoms with Crippen molar-refractivity contribution in [2.24, 2.45) is 5.16 Å². The summed E-state index contributed by atoms with van der Waals surface area (Å²) in [5.41, 5.74) is 1.51. The lowest BCUT2D eigenvalue weighted by atomic mass is 9.91. The highest BCUT2D eigenvalue weighted by Gasteiger charge is 2.41. The van der Waals surface area contributed by atoms with Crippen LogP contribution in [0.2, 0.25) is 0 Å². The summed E-state index contributed by atoms with van der Waals surface area (Å²) in [6, 6.07) is 7.74. The highest BCUT2D eigenvalue weighted by Crippen LogP contribution is 2.39. The summed E-state index contributed by atoms with van der Waals surface area (Å²) in [7, 11) is 0. The van der Waals surface area contributed by atoms with E-state index in [-0.39, 0.29) is 11.7 Å². The molecule has 0 aromatic heterocycles. The van der Waals surface area contributed by atoms with Crippen LogP contribution < -0.4 is 4.74 Å². The molecule has 2 unspecified atom stereocenters. The molecule has 5 heteroatoms. The van der Waals surface area contributed by atoms with Gasteiger partial charge in [0.15, 0.2) is 0 Å². The second kappa shape index (κ2) is 6.28. The van der Waals surface area contributed by atoms with E-state index >= 15 is 0 Å². The van der Waals surface area contributed by atoms with E-state index in [0.29, 0.717) is 5.71 Å². The zero-order chi connectivity index (χ0) is 14.7. The molecule has 0 radical (unpaired) electrons. The molecule has 114 valence electrons. The van der Waals surface area contributed by atoms with Crippen LogP contribution in [-0.2, 0) is 4.74 Å². The Morgan fingerprint density at radius 1 is 1.52 bits per heavy atom. The van der Waals surface area contributed by atoms with E-state index in [9.17, 15) is 0 Å². The maximum Gasteiger partial charge on any atom is 0.120 e. The van der Waals surface area contributed by atoms with Crippen LogP contribution in [0.5, 0.6) is 5.75 Å². The Morgan fingerprint density at radius 3 is 3.19 bits per heavy atom. The van der Waals surface area contributed by atoms with Crippen LogP contribution in [0.15, 0.2) is 29.4 Å². The lowest BCUT2D eigenvalue weighted by Crippen LogP contribution is -2.43. The van der Waals surface area contributed by atoms with Gasteiger partial charge in [-0.15, -0.1) is 0 Å². The molecule has 21 heavy (non-hydrogen) atoms. The van der Waals surface area contributed by atoms with Crippen molar-refractivity contribution in [3.63, 3.8) is 0 Å². The fourth-order valence-corrected chi connectivity index (χ4v) is 4.37. The fraction of sp³-hybridized carbons (Fsp3) is 0.562. The van der Waals surface area contributed by atoms with Gasteiger partial charge in [-0.05, 0) is 31.2 Å². The minimum absolute atomic E-state index is 0.0354. The predicted octanol–water partition coefficient (Wildman–Crippen LogP) is 3.32. The second-order valence-electron chi connectivity index (χ2n) is 5.78. The molecule has 0 aliphatic carbocycles. The van der Waals surface area contributed by atoms with Gasteiger partial charge in [0.1, 0.15) is 11.9 Å². The number of ether oxygens (including phenoxy) is 2. The quantitative estimate of drug-likeness (QED) is 0.529. The molecule has 2 aliphatic heterocycles. The maximum absolute atomic E-state index is 8.87. The molecular weight excluding hydrogens is 286 g/mol. The summed E-state index contributed by atoms with van der Waals surface area (Å²) in [6.07, 6.45) is 3.24. The Morgan fingerprint density at radius 2 is 2.43 bits per heavy atom. The topological polar surface area (TPSA) is 51.1 Å². The molecule has 0 saturated carbocycles. The van der Waals surface area contributed by atoms with Crippen molar-refractivity contribution in [3.8, 4) is 5.75 Å². The fourth-order valence-electron chi connectivity index (χ4n) is 2.99. The van der Waals surface area contributed by atoms with Gasteiger partial charge in [0.25, 0.3) is 0 Å². The highest BCUT2D eigenvalue weighted by atomic mass is 32.2. The Labute approximate surface area is 129 Å². The second-order valence-corrected chi connectivity index (χ2v) is 6.89. The summed E-state index contributed by atoms with van der Waals surface area (Å²) in [4.78, 5) is 0. The third-order valence-electron chi connectivity index (χ3n) is 4.22. The van der Waals surface area contributed by atoms with Gasteiger partial charge in [0.05, 0.1) is 17.9 Å². The van der Waals surface area contributed by atoms with E-state index in [4.69, 9.17) is 14.7 Å². The van der Waals surface area contributed by atoms with Gasteiger partial charge >= 0.3 is 0 Å². The molecule has 1 spiro atoms. The van der Waals surface area contributed by atoms with Crippen molar-refractivity contribution in [1.82, 2.24) is 0 Å². The first-order valence-electron chi connectivity index (χ1n) is 7.38. The van der Waals surface area contributed by atoms with Crippen molar-refractivity contribution in [3.05, 3.63) is 29.8 Å². The molecule has 0 bridgehead atoms. The zero-order valence-electron chi connectivity index (χ0n) is 12.2. The van der Waals surface area contributed by atoms with Crippen LogP contribution in [0.3, 0.4) is 0 Å². The normalized spacial score (nSPS) is 29.8. The van der Waals surface area contributed by atoms with E-state index in [1.165, 1.54) is 5.75 Å². The number of hydrogen-bond donors (Lipinski definition) is 1. The smallest absolute Gasteiger partial charge is 0.120 e. The van der Waals surface area contributed by atoms with Crippen molar-refractivity contribution in [2.45, 2.75) is 37.9 Å². The van der Waals surface area contributed by atoms with Gasteiger partial charge < -0.3 is 14.7 Å². The first kappa shape index (κ1) is 14.7. The molecule has 1 aromatic rings. The van der Waals surface area contributed by atoms with E-state index < -0.39 is 0 Å². The molecule has 2 saturated heterocycles. The van der Waals surface area contributed by atoms with Gasteiger partial charge in [-0.25, -0.2) is 0 Å². The average molecular weight is 307 g/mol. The maximum atomic E-state index is 8.87. The zero-order valence-corrected chi connectivity index (χ0v) is 13.1. The summed E-state index contributed by atoms with van der Waals surface area (Å²) in [5.74, 6) is 3.11. The molecule has 2 heterocycles. The van der Waals surface area contributed by atoms with Gasteiger partial charge in [0.2, 0.25) is 0 Å². The minimum atomic E-state index is 0.0354. The van der Waals surface area contributed by atoms with Gasteiger partial charge in [-0.3, -0.25) is 0 Å². The van der Waals surface area contributed by atoms with Gasteiger partial charge in [-0.1, -0.05) is 17.3 Å². The number of benzene rings is 1. The third kappa shape index (κ3) is 3.35. The summed E-state index contributed by atoms with van der Waals surface area (Å²) >= 11 is 1.97. The van der Waals surface area contributed by atoms with E-state index in [1.54, 1.807) is 6.92 Å². The SMILES string of the molecule is C/C(=N/O)c1cccc(OC2CCOC3(CCSC3)C2)c1. The number of oxime groups is 1. The molecule has 3 rings (SSSR count). The average Bonchev–Trinajstić information content (AvgIpc) is 2.94. The van der Waals surface area contributed by atoms with Crippen molar-refractivity contribution >= 4 is 17.5 Å². The van der Waals surface area contributed by atoms with Crippen LogP contribution in [0.25, 0.3) is 0 Å². The number of thioether (sulfide) groups is 1. The molecule has 1 N–H and O–H groups in total. The molecule has 1 aromatic carbocycles. The van der Waals surface area contributed by atoms with E-state index in [0.717, 1.165) is 42.9 Å². The molecule has 0 amide bonds. The van der Waals surface area contributed by atoms with Crippen LogP contribution in [-0.4, -0.2) is 40.7 Å². The van der Waals surface area contributed by atoms with E-state index in [1.807, 2.05) is 36.0 Å². The van der Waals surface area contributed by atoms with Crippen molar-refractivity contribution < 1.29 is 14.7 Å². The molecule has 4 nitrogen and oxygen atoms in total. The molecule has 2 fully saturated rings. The Hall–Kier alpha value is -1.20. The summed E-state index contributed by atoms with van der Waals surface area (Å²) < 4.78 is 12.2. The summed E-state index contributed by atoms with van der Waals surface area (Å²) in [6.45, 7) is 2.56. The van der Waals surface area contributed by atoms with Crippen molar-refractivity contribution in [1.29, 1.82) is 0 Å². The number of rotatable bonds is 3. The Kier molecular flexibility index (Phi) is 4.40. The highest BCUT2D eigenvalue weighted by molar-refractivity contribution is 7.99. The van der Waals surface area contributed by atoms with E-state index in [2.05, 4.69) is 5.16 Å². The summed E-state index contributed by atoms with van der Waals surface area (Å²) in [5, 5.41) is 12.1. The number of nitrogens with zero attached hydrogens (tertiary/aromatic N) is 1. The monoisotopic (exact) mass is 307 g/mol. The van der Waals surface area contributed by atoms with Gasteiger partial charge in [0, 0.05) is 24.2 Å². The van der Waals surface area contributed by atoms with Crippen LogP contribution in [0.4, 0.5) is 0 Å². The van der Waals surface area contributed by atoms with Crippen LogP contribution >= 0.6 is 11.8 Å². The van der Waals surface area contributed by atoms with Gasteiger partial charge in [-0.2, -0.15) is 11.8 Å². The Bertz CT molecular complexity index is 526. The predicted molar refractivity (Wildman–Crippen MR) is 84.7 cm³/mol. The number of hydrogen-bond acceptors (Lipinski definition) is 5. The standard InChI is InChI=1S/C16H21NO3S/c1-12(17-18)13-3-2-4-14(9-13)20-15-5-7-19-16(10-15)6-8-21-11-16/h2-4,9,15,18H,5-8,10-11H2,1H3/b17-12-.